The first-order valence-electron chi connectivity index (χ1n) is 34.1. The summed E-state index contributed by atoms with van der Waals surface area (Å²) >= 11 is 3.55. The SMILES string of the molecule is Brc1ccc2cc(-c3cccc4c3ccc3ccccc34)ccc2c1.OB(O)c1c2ccccc2c(-c2cccc3ccccc23)c2ccccc12.c1ccc2c(-c3c4ccccc4c(-c4ccc5cc(-c6cccc7c6ccc6ccccc67)ccc5c4)c4ccccc34)cccc2c1. The second-order valence-corrected chi connectivity index (χ2v) is 26.9. The van der Waals surface area contributed by atoms with Crippen molar-refractivity contribution in [3.05, 3.63) is 368 Å². The molecule has 0 radical (unpaired) electrons. The van der Waals surface area contributed by atoms with Crippen LogP contribution in [0.4, 0.5) is 0 Å². The summed E-state index contributed by atoms with van der Waals surface area (Å²) in [5.74, 6) is 0. The maximum atomic E-state index is 10.1. The molecular formula is C96H62BBrO2. The van der Waals surface area contributed by atoms with Crippen LogP contribution >= 0.6 is 15.9 Å². The average molecular weight is 1340 g/mol. The number of fused-ring (bicyclic) bond motifs is 14. The Morgan fingerprint density at radius 2 is 0.460 bits per heavy atom. The van der Waals surface area contributed by atoms with Gasteiger partial charge in [-0.05, 0) is 221 Å². The Morgan fingerprint density at radius 1 is 0.180 bits per heavy atom. The molecule has 4 heteroatoms. The normalized spacial score (nSPS) is 11.6. The van der Waals surface area contributed by atoms with E-state index in [2.05, 4.69) is 337 Å². The van der Waals surface area contributed by atoms with Crippen LogP contribution in [0, 0.1) is 0 Å². The third kappa shape index (κ3) is 10.6. The van der Waals surface area contributed by atoms with E-state index in [4.69, 9.17) is 0 Å². The Bertz CT molecular complexity index is 6550. The highest BCUT2D eigenvalue weighted by Crippen LogP contribution is 2.47. The second-order valence-electron chi connectivity index (χ2n) is 26.0. The van der Waals surface area contributed by atoms with E-state index in [9.17, 15) is 10.0 Å². The first-order chi connectivity index (χ1) is 49.4. The fourth-order valence-corrected chi connectivity index (χ4v) is 16.3. The molecule has 0 bridgehead atoms. The molecule has 0 aromatic heterocycles. The van der Waals surface area contributed by atoms with E-state index < -0.39 is 7.12 Å². The van der Waals surface area contributed by atoms with Crippen LogP contribution < -0.4 is 5.46 Å². The lowest BCUT2D eigenvalue weighted by Gasteiger charge is -2.19. The quantitative estimate of drug-likeness (QED) is 0.0990. The van der Waals surface area contributed by atoms with Gasteiger partial charge >= 0.3 is 7.12 Å². The topological polar surface area (TPSA) is 40.5 Å². The van der Waals surface area contributed by atoms with Gasteiger partial charge in [0, 0.05) is 4.47 Å². The van der Waals surface area contributed by atoms with Gasteiger partial charge < -0.3 is 10.0 Å². The third-order valence-corrected chi connectivity index (χ3v) is 20.9. The Balaban J connectivity index is 0.000000117. The molecule has 0 fully saturated rings. The lowest BCUT2D eigenvalue weighted by molar-refractivity contribution is 0.426. The van der Waals surface area contributed by atoms with Gasteiger partial charge in [-0.3, -0.25) is 0 Å². The van der Waals surface area contributed by atoms with Crippen molar-refractivity contribution in [3.63, 3.8) is 0 Å². The third-order valence-electron chi connectivity index (χ3n) is 20.4. The highest BCUT2D eigenvalue weighted by Gasteiger charge is 2.24. The Kier molecular flexibility index (Phi) is 15.4. The first-order valence-corrected chi connectivity index (χ1v) is 34.9. The lowest BCUT2D eigenvalue weighted by atomic mass is 9.72. The molecule has 2 nitrogen and oxygen atoms in total. The number of halogens is 1. The number of hydrogen-bond donors (Lipinski definition) is 2. The Labute approximate surface area is 587 Å². The van der Waals surface area contributed by atoms with Crippen LogP contribution in [0.5, 0.6) is 0 Å². The van der Waals surface area contributed by atoms with Crippen molar-refractivity contribution in [1.82, 2.24) is 0 Å². The molecule has 468 valence electrons. The summed E-state index contributed by atoms with van der Waals surface area (Å²) in [5, 5.41) is 49.4. The van der Waals surface area contributed by atoms with Crippen molar-refractivity contribution in [2.45, 2.75) is 0 Å². The van der Waals surface area contributed by atoms with Crippen LogP contribution in [-0.2, 0) is 0 Å². The number of rotatable bonds is 6. The molecule has 0 atom stereocenters. The molecule has 0 saturated heterocycles. The molecule has 0 aliphatic heterocycles. The Morgan fingerprint density at radius 3 is 0.890 bits per heavy atom. The predicted molar refractivity (Wildman–Crippen MR) is 434 cm³/mol. The van der Waals surface area contributed by atoms with Crippen LogP contribution in [-0.4, -0.2) is 17.2 Å². The maximum absolute atomic E-state index is 10.1. The van der Waals surface area contributed by atoms with Gasteiger partial charge in [0.15, 0.2) is 0 Å². The van der Waals surface area contributed by atoms with Gasteiger partial charge in [-0.25, -0.2) is 0 Å². The summed E-state index contributed by atoms with van der Waals surface area (Å²) in [4.78, 5) is 0. The van der Waals surface area contributed by atoms with Gasteiger partial charge in [-0.15, -0.1) is 0 Å². The van der Waals surface area contributed by atoms with Gasteiger partial charge in [0.1, 0.15) is 0 Å². The van der Waals surface area contributed by atoms with E-state index in [1.54, 1.807) is 0 Å². The minimum atomic E-state index is -1.53. The minimum absolute atomic E-state index is 0.560. The number of hydrogen-bond acceptors (Lipinski definition) is 2. The number of benzene rings is 20. The molecule has 0 aliphatic rings. The summed E-state index contributed by atoms with van der Waals surface area (Å²) in [5.41, 5.74) is 13.0. The summed E-state index contributed by atoms with van der Waals surface area (Å²) in [6.45, 7) is 0. The molecule has 0 spiro atoms. The molecule has 0 unspecified atom stereocenters. The smallest absolute Gasteiger partial charge is 0.423 e. The summed E-state index contributed by atoms with van der Waals surface area (Å²) in [7, 11) is -1.53. The van der Waals surface area contributed by atoms with Crippen molar-refractivity contribution in [3.8, 4) is 55.6 Å². The van der Waals surface area contributed by atoms with Crippen molar-refractivity contribution < 1.29 is 10.0 Å². The van der Waals surface area contributed by atoms with Crippen LogP contribution in [0.15, 0.2) is 368 Å². The zero-order valence-corrected chi connectivity index (χ0v) is 56.1. The average Bonchev–Trinajstić information content (AvgIpc) is 0.737. The highest BCUT2D eigenvalue weighted by molar-refractivity contribution is 9.10. The van der Waals surface area contributed by atoms with E-state index in [1.165, 1.54) is 152 Å². The molecular weight excluding hydrogens is 1280 g/mol. The zero-order valence-electron chi connectivity index (χ0n) is 54.5. The molecule has 0 aliphatic carbocycles. The molecule has 20 rings (SSSR count). The molecule has 20 aromatic carbocycles. The van der Waals surface area contributed by atoms with E-state index in [0.717, 1.165) is 37.1 Å². The van der Waals surface area contributed by atoms with Crippen LogP contribution in [0.3, 0.4) is 0 Å². The van der Waals surface area contributed by atoms with E-state index in [-0.39, 0.29) is 0 Å². The van der Waals surface area contributed by atoms with Crippen molar-refractivity contribution in [1.29, 1.82) is 0 Å². The second kappa shape index (κ2) is 25.4. The van der Waals surface area contributed by atoms with E-state index >= 15 is 0 Å². The van der Waals surface area contributed by atoms with Crippen LogP contribution in [0.1, 0.15) is 0 Å². The van der Waals surface area contributed by atoms with Crippen molar-refractivity contribution >= 4 is 158 Å². The van der Waals surface area contributed by atoms with E-state index in [1.807, 2.05) is 42.5 Å². The van der Waals surface area contributed by atoms with Gasteiger partial charge in [-0.1, -0.05) is 350 Å². The lowest BCUT2D eigenvalue weighted by Crippen LogP contribution is -2.31. The standard InChI is InChI=1S/C48H30.C24H17BO2.C24H15Br/c1-4-15-38-31(11-1)13-9-22-42(38)48-45-18-7-5-16-43(45)47(44-17-6-8-19-46(44)48)36-26-24-33-29-35(25-23-34(33)30-36)39-20-10-21-40-37-14-3-2-12-32(37)27-28-41(39)40;26-25(27)24-21-13-5-3-11-19(21)23(20-12-4-6-14-22(20)24)18-15-7-9-16-8-1-2-10-17(16)18;25-20-12-10-17-14-19(9-8-18(17)15-20)22-6-3-7-23-21-5-2-1-4-16(21)11-13-24(22)23/h1-30H;1-15,26-27H;1-15H. The molecule has 2 N–H and O–H groups in total. The van der Waals surface area contributed by atoms with Crippen molar-refractivity contribution in [2.75, 3.05) is 0 Å². The largest absolute Gasteiger partial charge is 0.489 e. The fraction of sp³-hybridized carbons (Fsp3) is 0. The van der Waals surface area contributed by atoms with Crippen molar-refractivity contribution in [2.24, 2.45) is 0 Å². The minimum Gasteiger partial charge on any atom is -0.423 e. The maximum Gasteiger partial charge on any atom is 0.489 e. The fourth-order valence-electron chi connectivity index (χ4n) is 15.9. The van der Waals surface area contributed by atoms with Gasteiger partial charge in [0.2, 0.25) is 0 Å². The van der Waals surface area contributed by atoms with E-state index in [0.29, 0.717) is 5.46 Å². The Hall–Kier alpha value is -12.0. The molecule has 0 heterocycles. The predicted octanol–water partition coefficient (Wildman–Crippen LogP) is 25.7. The van der Waals surface area contributed by atoms with Gasteiger partial charge in [0.05, 0.1) is 0 Å². The summed E-state index contributed by atoms with van der Waals surface area (Å²) in [6.07, 6.45) is 0. The molecule has 20 aromatic rings. The van der Waals surface area contributed by atoms with Crippen LogP contribution in [0.25, 0.3) is 185 Å². The summed E-state index contributed by atoms with van der Waals surface area (Å²) in [6, 6.07) is 131. The molecule has 0 amide bonds. The van der Waals surface area contributed by atoms with Crippen LogP contribution in [0.2, 0.25) is 0 Å². The highest BCUT2D eigenvalue weighted by atomic mass is 79.9. The first kappa shape index (κ1) is 60.4. The summed E-state index contributed by atoms with van der Waals surface area (Å²) < 4.78 is 1.12. The zero-order chi connectivity index (χ0) is 66.8. The monoisotopic (exact) mass is 1340 g/mol. The van der Waals surface area contributed by atoms with Gasteiger partial charge in [-0.2, -0.15) is 0 Å². The molecule has 0 saturated carbocycles. The van der Waals surface area contributed by atoms with Gasteiger partial charge in [0.25, 0.3) is 0 Å². The molecule has 100 heavy (non-hydrogen) atoms.